The fraction of sp³-hybridized carbons (Fsp3) is 0.333. The molecule has 0 bridgehead atoms. The zero-order chi connectivity index (χ0) is 13.1. The highest BCUT2D eigenvalue weighted by atomic mass is 16.3. The van der Waals surface area contributed by atoms with Crippen LogP contribution in [0.15, 0.2) is 18.2 Å². The third-order valence-electron chi connectivity index (χ3n) is 2.65. The summed E-state index contributed by atoms with van der Waals surface area (Å²) in [6.45, 7) is 2.09. The first-order chi connectivity index (χ1) is 8.58. The van der Waals surface area contributed by atoms with Gasteiger partial charge in [0, 0.05) is 17.6 Å². The second-order valence-electron chi connectivity index (χ2n) is 4.27. The summed E-state index contributed by atoms with van der Waals surface area (Å²) in [4.78, 5) is 11.9. The molecule has 0 aliphatic rings. The van der Waals surface area contributed by atoms with Crippen LogP contribution in [0.5, 0.6) is 0 Å². The lowest BCUT2D eigenvalue weighted by Gasteiger charge is -2.05. The number of H-pyrrole nitrogens is 1. The van der Waals surface area contributed by atoms with Crippen LogP contribution in [0.2, 0.25) is 0 Å². The van der Waals surface area contributed by atoms with E-state index in [2.05, 4.69) is 15.5 Å². The molecule has 0 fully saturated rings. The fourth-order valence-corrected chi connectivity index (χ4v) is 1.68. The Morgan fingerprint density at radius 3 is 3.11 bits per heavy atom. The van der Waals surface area contributed by atoms with Crippen molar-refractivity contribution < 1.29 is 9.90 Å². The number of hydrogen-bond acceptors (Lipinski definition) is 4. The normalized spacial score (nSPS) is 12.6. The number of aliphatic hydroxyl groups is 1. The molecule has 6 nitrogen and oxygen atoms in total. The molecule has 18 heavy (non-hydrogen) atoms. The van der Waals surface area contributed by atoms with E-state index in [-0.39, 0.29) is 5.91 Å². The summed E-state index contributed by atoms with van der Waals surface area (Å²) in [5, 5.41) is 19.3. The molecular formula is C12H16N4O2. The van der Waals surface area contributed by atoms with Crippen LogP contribution in [0.4, 0.5) is 5.69 Å². The number of rotatable bonds is 4. The van der Waals surface area contributed by atoms with Gasteiger partial charge in [-0.3, -0.25) is 9.89 Å². The third-order valence-corrected chi connectivity index (χ3v) is 2.65. The van der Waals surface area contributed by atoms with Gasteiger partial charge in [-0.1, -0.05) is 0 Å². The smallest absolute Gasteiger partial charge is 0.272 e. The van der Waals surface area contributed by atoms with Crippen molar-refractivity contribution in [3.8, 4) is 0 Å². The number of aromatic nitrogens is 2. The predicted molar refractivity (Wildman–Crippen MR) is 69.1 cm³/mol. The Morgan fingerprint density at radius 2 is 2.39 bits per heavy atom. The minimum absolute atomic E-state index is 0.271. The molecule has 96 valence electrons. The molecule has 0 aliphatic carbocycles. The van der Waals surface area contributed by atoms with Crippen LogP contribution in [0, 0.1) is 0 Å². The van der Waals surface area contributed by atoms with Gasteiger partial charge in [-0.15, -0.1) is 0 Å². The Hall–Kier alpha value is -2.08. The first-order valence-corrected chi connectivity index (χ1v) is 5.78. The highest BCUT2D eigenvalue weighted by Crippen LogP contribution is 2.18. The number of hydrogen-bond donors (Lipinski definition) is 4. The van der Waals surface area contributed by atoms with Crippen molar-refractivity contribution in [3.63, 3.8) is 0 Å². The number of carbonyl (C=O) groups is 1. The van der Waals surface area contributed by atoms with Gasteiger partial charge in [0.1, 0.15) is 0 Å². The van der Waals surface area contributed by atoms with Gasteiger partial charge in [0.2, 0.25) is 0 Å². The molecule has 1 atom stereocenters. The summed E-state index contributed by atoms with van der Waals surface area (Å²) >= 11 is 0. The Bertz CT molecular complexity index is 562. The molecule has 1 aromatic heterocycles. The largest absolute Gasteiger partial charge is 0.399 e. The van der Waals surface area contributed by atoms with Gasteiger partial charge in [-0.05, 0) is 31.5 Å². The van der Waals surface area contributed by atoms with Gasteiger partial charge >= 0.3 is 0 Å². The molecule has 0 spiro atoms. The standard InChI is InChI=1S/C12H16N4O2/c1-7(17)4-5-14-12(18)11-9-6-8(13)2-3-10(9)15-16-11/h2-3,6-7,17H,4-5,13H2,1H3,(H,14,18)(H,15,16). The highest BCUT2D eigenvalue weighted by molar-refractivity contribution is 6.05. The minimum atomic E-state index is -0.433. The van der Waals surface area contributed by atoms with Gasteiger partial charge in [0.15, 0.2) is 5.69 Å². The van der Waals surface area contributed by atoms with E-state index in [4.69, 9.17) is 10.8 Å². The van der Waals surface area contributed by atoms with Crippen LogP contribution in [-0.4, -0.2) is 33.9 Å². The number of aliphatic hydroxyl groups excluding tert-OH is 1. The lowest BCUT2D eigenvalue weighted by molar-refractivity contribution is 0.0942. The van der Waals surface area contributed by atoms with Gasteiger partial charge in [-0.2, -0.15) is 5.10 Å². The van der Waals surface area contributed by atoms with Crippen LogP contribution in [0.25, 0.3) is 10.9 Å². The molecular weight excluding hydrogens is 232 g/mol. The van der Waals surface area contributed by atoms with E-state index in [0.717, 1.165) is 5.52 Å². The molecule has 0 aliphatic heterocycles. The molecule has 2 aromatic rings. The van der Waals surface area contributed by atoms with Crippen LogP contribution in [0.3, 0.4) is 0 Å². The maximum absolute atomic E-state index is 11.9. The van der Waals surface area contributed by atoms with Crippen molar-refractivity contribution in [1.82, 2.24) is 15.5 Å². The zero-order valence-electron chi connectivity index (χ0n) is 10.1. The molecule has 1 heterocycles. The summed E-state index contributed by atoms with van der Waals surface area (Å²) in [6, 6.07) is 5.24. The van der Waals surface area contributed by atoms with Crippen molar-refractivity contribution in [3.05, 3.63) is 23.9 Å². The fourth-order valence-electron chi connectivity index (χ4n) is 1.68. The summed E-state index contributed by atoms with van der Waals surface area (Å²) in [5.41, 5.74) is 7.36. The van der Waals surface area contributed by atoms with E-state index in [9.17, 15) is 4.79 Å². The lowest BCUT2D eigenvalue weighted by atomic mass is 10.2. The van der Waals surface area contributed by atoms with Crippen molar-refractivity contribution in [2.45, 2.75) is 19.4 Å². The maximum atomic E-state index is 11.9. The number of anilines is 1. The number of fused-ring (bicyclic) bond motifs is 1. The minimum Gasteiger partial charge on any atom is -0.399 e. The van der Waals surface area contributed by atoms with Crippen LogP contribution < -0.4 is 11.1 Å². The summed E-state index contributed by atoms with van der Waals surface area (Å²) < 4.78 is 0. The van der Waals surface area contributed by atoms with Crippen molar-refractivity contribution in [2.24, 2.45) is 0 Å². The molecule has 5 N–H and O–H groups in total. The lowest BCUT2D eigenvalue weighted by Crippen LogP contribution is -2.26. The number of nitrogens with one attached hydrogen (secondary N) is 2. The average molecular weight is 248 g/mol. The molecule has 0 saturated carbocycles. The van der Waals surface area contributed by atoms with E-state index in [1.54, 1.807) is 25.1 Å². The molecule has 0 radical (unpaired) electrons. The Kier molecular flexibility index (Phi) is 3.47. The van der Waals surface area contributed by atoms with E-state index < -0.39 is 6.10 Å². The first kappa shape index (κ1) is 12.4. The number of aromatic amines is 1. The highest BCUT2D eigenvalue weighted by Gasteiger charge is 2.13. The topological polar surface area (TPSA) is 104 Å². The third kappa shape index (κ3) is 2.60. The quantitative estimate of drug-likeness (QED) is 0.596. The average Bonchev–Trinajstić information content (AvgIpc) is 2.71. The van der Waals surface area contributed by atoms with Gasteiger partial charge in [0.05, 0.1) is 11.6 Å². The predicted octanol–water partition coefficient (Wildman–Crippen LogP) is 0.646. The summed E-state index contributed by atoms with van der Waals surface area (Å²) in [6.07, 6.45) is 0.0767. The second-order valence-corrected chi connectivity index (χ2v) is 4.27. The SMILES string of the molecule is CC(O)CCNC(=O)c1n[nH]c2ccc(N)cc12. The van der Waals surface area contributed by atoms with E-state index in [0.29, 0.717) is 29.7 Å². The van der Waals surface area contributed by atoms with Crippen molar-refractivity contribution in [2.75, 3.05) is 12.3 Å². The number of nitrogens with two attached hydrogens (primary N) is 1. The number of amides is 1. The number of nitrogens with zero attached hydrogens (tertiary/aromatic N) is 1. The number of nitrogen functional groups attached to an aromatic ring is 1. The monoisotopic (exact) mass is 248 g/mol. The van der Waals surface area contributed by atoms with Crippen LogP contribution in [0.1, 0.15) is 23.8 Å². The summed E-state index contributed by atoms with van der Waals surface area (Å²) in [7, 11) is 0. The molecule has 1 unspecified atom stereocenters. The van der Waals surface area contributed by atoms with Crippen LogP contribution in [-0.2, 0) is 0 Å². The maximum Gasteiger partial charge on any atom is 0.272 e. The Labute approximate surface area is 104 Å². The van der Waals surface area contributed by atoms with E-state index >= 15 is 0 Å². The molecule has 0 saturated heterocycles. The molecule has 2 rings (SSSR count). The number of benzene rings is 1. The Balaban J connectivity index is 2.15. The van der Waals surface area contributed by atoms with Gasteiger partial charge in [0.25, 0.3) is 5.91 Å². The van der Waals surface area contributed by atoms with Crippen molar-refractivity contribution in [1.29, 1.82) is 0 Å². The molecule has 1 aromatic carbocycles. The molecule has 1 amide bonds. The van der Waals surface area contributed by atoms with Gasteiger partial charge < -0.3 is 16.2 Å². The Morgan fingerprint density at radius 1 is 1.61 bits per heavy atom. The second kappa shape index (κ2) is 5.05. The molecule has 6 heteroatoms. The summed E-state index contributed by atoms with van der Waals surface area (Å²) in [5.74, 6) is -0.271. The van der Waals surface area contributed by atoms with Gasteiger partial charge in [-0.25, -0.2) is 0 Å². The number of carbonyl (C=O) groups excluding carboxylic acids is 1. The first-order valence-electron chi connectivity index (χ1n) is 5.78. The van der Waals surface area contributed by atoms with E-state index in [1.165, 1.54) is 0 Å². The van der Waals surface area contributed by atoms with Crippen molar-refractivity contribution >= 4 is 22.5 Å². The van der Waals surface area contributed by atoms with E-state index in [1.807, 2.05) is 0 Å². The zero-order valence-corrected chi connectivity index (χ0v) is 10.1. The van der Waals surface area contributed by atoms with Crippen LogP contribution >= 0.6 is 0 Å².